The maximum absolute atomic E-state index is 1.66. The third-order valence-electron chi connectivity index (χ3n) is 6.72. The van der Waals surface area contributed by atoms with Gasteiger partial charge >= 0.3 is 0 Å². The van der Waals surface area contributed by atoms with Crippen LogP contribution in [0.4, 0.5) is 0 Å². The lowest BCUT2D eigenvalue weighted by molar-refractivity contribution is 0.484. The summed E-state index contributed by atoms with van der Waals surface area (Å²) in [5.41, 5.74) is 3.50. The van der Waals surface area contributed by atoms with Crippen LogP contribution < -0.4 is 0 Å². The Labute approximate surface area is 148 Å². The van der Waals surface area contributed by atoms with Gasteiger partial charge in [0.1, 0.15) is 0 Å². The molecule has 1 unspecified atom stereocenters. The second-order valence-electron chi connectivity index (χ2n) is 8.46. The van der Waals surface area contributed by atoms with Gasteiger partial charge in [0.25, 0.3) is 0 Å². The first-order chi connectivity index (χ1) is 11.4. The second-order valence-corrected chi connectivity index (χ2v) is 13.1. The lowest BCUT2D eigenvalue weighted by Gasteiger charge is -2.38. The second kappa shape index (κ2) is 10.8. The zero-order chi connectivity index (χ0) is 15.7. The largest absolute Gasteiger partial charge is 0.119 e. The zero-order valence-electron chi connectivity index (χ0n) is 15.4. The van der Waals surface area contributed by atoms with Crippen molar-refractivity contribution in [3.05, 3.63) is 0 Å². The van der Waals surface area contributed by atoms with Gasteiger partial charge in [-0.3, -0.25) is 0 Å². The summed E-state index contributed by atoms with van der Waals surface area (Å²) in [5, 5.41) is 0. The van der Waals surface area contributed by atoms with Crippen molar-refractivity contribution in [3.8, 4) is 0 Å². The Hall–Kier alpha value is 0.860. The Balaban J connectivity index is 1.42. The molecule has 1 atom stereocenters. The fourth-order valence-electron chi connectivity index (χ4n) is 5.36. The van der Waals surface area contributed by atoms with Crippen LogP contribution in [0, 0.1) is 0 Å². The van der Waals surface area contributed by atoms with E-state index in [2.05, 4.69) is 0 Å². The lowest BCUT2D eigenvalue weighted by Crippen LogP contribution is -2.22. The van der Waals surface area contributed by atoms with E-state index in [1.54, 1.807) is 83.0 Å². The van der Waals surface area contributed by atoms with E-state index in [9.17, 15) is 0 Å². The third kappa shape index (κ3) is 6.26. The highest BCUT2D eigenvalue weighted by Gasteiger charge is 2.30. The van der Waals surface area contributed by atoms with Gasteiger partial charge in [0, 0.05) is 0 Å². The van der Waals surface area contributed by atoms with Gasteiger partial charge in [-0.15, -0.1) is 16.5 Å². The van der Waals surface area contributed by atoms with E-state index in [0.717, 1.165) is 5.66 Å². The molecule has 23 heavy (non-hydrogen) atoms. The quantitative estimate of drug-likeness (QED) is 0.327. The summed E-state index contributed by atoms with van der Waals surface area (Å²) in [6.07, 6.45) is 28.3. The fraction of sp³-hybridized carbons (Fsp3) is 1.00. The molecule has 2 heteroatoms. The average molecular weight is 354 g/mol. The molecule has 3 aliphatic rings. The van der Waals surface area contributed by atoms with E-state index in [0.29, 0.717) is 7.92 Å². The number of hydrogen-bond acceptors (Lipinski definition) is 0. The topological polar surface area (TPSA) is 0 Å². The minimum atomic E-state index is 0.378. The van der Waals surface area contributed by atoms with Crippen LogP contribution >= 0.6 is 16.5 Å². The molecular formula is C21H40P2. The molecule has 0 aliphatic heterocycles. The van der Waals surface area contributed by atoms with Crippen LogP contribution in [-0.2, 0) is 0 Å². The molecule has 0 N–H and O–H groups in total. The molecule has 0 nitrogen and oxygen atoms in total. The third-order valence-corrected chi connectivity index (χ3v) is 12.3. The SMILES string of the molecule is C1CCC(PCCCP(C2CCCCC2)C2CCCCC2)CC1. The van der Waals surface area contributed by atoms with Gasteiger partial charge in [0.2, 0.25) is 0 Å². The normalized spacial score (nSPS) is 26.5. The van der Waals surface area contributed by atoms with Crippen molar-refractivity contribution in [3.63, 3.8) is 0 Å². The smallest absolute Gasteiger partial charge is 0.0207 e. The van der Waals surface area contributed by atoms with Crippen LogP contribution in [0.2, 0.25) is 0 Å². The van der Waals surface area contributed by atoms with Crippen molar-refractivity contribution < 1.29 is 0 Å². The molecule has 3 aliphatic carbocycles. The van der Waals surface area contributed by atoms with Crippen LogP contribution in [0.15, 0.2) is 0 Å². The van der Waals surface area contributed by atoms with E-state index in [4.69, 9.17) is 0 Å². The summed E-state index contributed by atoms with van der Waals surface area (Å²) >= 11 is 0. The van der Waals surface area contributed by atoms with Crippen molar-refractivity contribution in [2.75, 3.05) is 12.3 Å². The molecule has 0 saturated heterocycles. The predicted molar refractivity (Wildman–Crippen MR) is 110 cm³/mol. The molecule has 3 saturated carbocycles. The molecule has 3 fully saturated rings. The van der Waals surface area contributed by atoms with Crippen molar-refractivity contribution in [2.24, 2.45) is 0 Å². The molecule has 0 heterocycles. The van der Waals surface area contributed by atoms with Gasteiger partial charge in [-0.25, -0.2) is 0 Å². The summed E-state index contributed by atoms with van der Waals surface area (Å²) in [7, 11) is 1.69. The highest BCUT2D eigenvalue weighted by Crippen LogP contribution is 2.56. The van der Waals surface area contributed by atoms with Gasteiger partial charge in [-0.1, -0.05) is 57.8 Å². The summed E-state index contributed by atoms with van der Waals surface area (Å²) in [4.78, 5) is 0. The Morgan fingerprint density at radius 1 is 0.609 bits per heavy atom. The Morgan fingerprint density at radius 3 is 1.61 bits per heavy atom. The fourth-order valence-corrected chi connectivity index (χ4v) is 11.2. The molecule has 134 valence electrons. The summed E-state index contributed by atoms with van der Waals surface area (Å²) < 4.78 is 0. The van der Waals surface area contributed by atoms with Crippen LogP contribution in [0.1, 0.15) is 103 Å². The van der Waals surface area contributed by atoms with E-state index < -0.39 is 0 Å². The van der Waals surface area contributed by atoms with Crippen molar-refractivity contribution in [1.29, 1.82) is 0 Å². The monoisotopic (exact) mass is 354 g/mol. The predicted octanol–water partition coefficient (Wildman–Crippen LogP) is 7.54. The standard InChI is InChI=1S/C21H40P2/c1-4-11-19(12-5-1)22-17-10-18-23(20-13-6-2-7-14-20)21-15-8-3-9-16-21/h19-22H,1-18H2. The van der Waals surface area contributed by atoms with E-state index in [1.807, 2.05) is 0 Å². The van der Waals surface area contributed by atoms with Crippen molar-refractivity contribution >= 4 is 16.5 Å². The molecule has 0 radical (unpaired) electrons. The molecule has 0 spiro atoms. The minimum Gasteiger partial charge on any atom is -0.119 e. The van der Waals surface area contributed by atoms with Crippen LogP contribution in [-0.4, -0.2) is 29.3 Å². The first kappa shape index (κ1) is 18.6. The highest BCUT2D eigenvalue weighted by molar-refractivity contribution is 7.59. The van der Waals surface area contributed by atoms with Crippen molar-refractivity contribution in [2.45, 2.75) is 120 Å². The molecule has 0 aromatic heterocycles. The molecule has 3 rings (SSSR count). The maximum atomic E-state index is 1.66. The average Bonchev–Trinajstić information content (AvgIpc) is 2.64. The Kier molecular flexibility index (Phi) is 8.72. The first-order valence-electron chi connectivity index (χ1n) is 10.9. The van der Waals surface area contributed by atoms with Gasteiger partial charge in [0.15, 0.2) is 0 Å². The summed E-state index contributed by atoms with van der Waals surface area (Å²) in [6.45, 7) is 0. The minimum absolute atomic E-state index is 0.378. The van der Waals surface area contributed by atoms with Gasteiger partial charge in [-0.05, 0) is 74.2 Å². The molecule has 0 bridgehead atoms. The Morgan fingerprint density at radius 2 is 1.09 bits per heavy atom. The first-order valence-corrected chi connectivity index (χ1v) is 13.9. The lowest BCUT2D eigenvalue weighted by atomic mass is 9.99. The van der Waals surface area contributed by atoms with Crippen LogP contribution in [0.5, 0.6) is 0 Å². The number of rotatable bonds is 7. The highest BCUT2D eigenvalue weighted by atomic mass is 31.1. The van der Waals surface area contributed by atoms with E-state index in [1.165, 1.54) is 52.0 Å². The van der Waals surface area contributed by atoms with Gasteiger partial charge < -0.3 is 0 Å². The summed E-state index contributed by atoms with van der Waals surface area (Å²) in [6, 6.07) is 0. The number of hydrogen-bond donors (Lipinski definition) is 0. The van der Waals surface area contributed by atoms with Crippen molar-refractivity contribution in [1.82, 2.24) is 0 Å². The molecular weight excluding hydrogens is 314 g/mol. The molecule has 0 amide bonds. The zero-order valence-corrected chi connectivity index (χ0v) is 17.3. The molecule has 0 aromatic rings. The van der Waals surface area contributed by atoms with E-state index in [-0.39, 0.29) is 0 Å². The summed E-state index contributed by atoms with van der Waals surface area (Å²) in [5.74, 6) is 0. The Bertz CT molecular complexity index is 281. The van der Waals surface area contributed by atoms with E-state index >= 15 is 0 Å². The van der Waals surface area contributed by atoms with Gasteiger partial charge in [0.05, 0.1) is 0 Å². The van der Waals surface area contributed by atoms with Crippen LogP contribution in [0.25, 0.3) is 0 Å². The molecule has 0 aromatic carbocycles. The maximum Gasteiger partial charge on any atom is -0.0207 e. The van der Waals surface area contributed by atoms with Gasteiger partial charge in [-0.2, -0.15) is 0 Å². The van der Waals surface area contributed by atoms with Crippen LogP contribution in [0.3, 0.4) is 0 Å².